The predicted octanol–water partition coefficient (Wildman–Crippen LogP) is 3.18. The zero-order valence-electron chi connectivity index (χ0n) is 18.1. The van der Waals surface area contributed by atoms with E-state index >= 15 is 0 Å². The molecule has 1 aromatic heterocycles. The summed E-state index contributed by atoms with van der Waals surface area (Å²) in [5, 5.41) is 0. The Morgan fingerprint density at radius 3 is 2.13 bits per heavy atom. The lowest BCUT2D eigenvalue weighted by Crippen LogP contribution is -2.25. The van der Waals surface area contributed by atoms with Crippen LogP contribution < -0.4 is 9.47 Å². The maximum absolute atomic E-state index is 12.7. The molecule has 2 aromatic rings. The standard InChI is InChI=1S/C22H27NO7/c1-12-19(22(26)29-6)13(2)23-20(12)21(25)14(3)30-18(24)8-7-15-9-16(27-4)11-17(10-15)28-5/h9-11,14,23H,7-8H2,1-6H3/t14-/m1/s1. The number of hydrogen-bond donors (Lipinski definition) is 1. The fourth-order valence-corrected chi connectivity index (χ4v) is 3.17. The first-order valence-corrected chi connectivity index (χ1v) is 9.44. The molecule has 0 saturated carbocycles. The number of carbonyl (C=O) groups is 3. The first kappa shape index (κ1) is 23.0. The average molecular weight is 417 g/mol. The van der Waals surface area contributed by atoms with Crippen molar-refractivity contribution in [3.63, 3.8) is 0 Å². The van der Waals surface area contributed by atoms with Crippen molar-refractivity contribution in [3.8, 4) is 11.5 Å². The summed E-state index contributed by atoms with van der Waals surface area (Å²) in [4.78, 5) is 39.8. The second-order valence-corrected chi connectivity index (χ2v) is 6.83. The zero-order chi connectivity index (χ0) is 22.4. The average Bonchev–Trinajstić information content (AvgIpc) is 3.04. The van der Waals surface area contributed by atoms with E-state index < -0.39 is 23.8 Å². The van der Waals surface area contributed by atoms with Gasteiger partial charge in [0.25, 0.3) is 0 Å². The Morgan fingerprint density at radius 1 is 1.00 bits per heavy atom. The van der Waals surface area contributed by atoms with Crippen molar-refractivity contribution >= 4 is 17.7 Å². The maximum atomic E-state index is 12.7. The van der Waals surface area contributed by atoms with E-state index in [2.05, 4.69) is 4.98 Å². The van der Waals surface area contributed by atoms with Crippen LogP contribution in [0.4, 0.5) is 0 Å². The summed E-state index contributed by atoms with van der Waals surface area (Å²) in [5.74, 6) is -0.201. The number of rotatable bonds is 9. The molecule has 0 aliphatic rings. The lowest BCUT2D eigenvalue weighted by molar-refractivity contribution is -0.146. The number of benzene rings is 1. The Kier molecular flexibility index (Phi) is 7.63. The Labute approximate surface area is 175 Å². The highest BCUT2D eigenvalue weighted by Gasteiger charge is 2.27. The highest BCUT2D eigenvalue weighted by atomic mass is 16.5. The Balaban J connectivity index is 2.03. The van der Waals surface area contributed by atoms with Crippen LogP contribution in [0.2, 0.25) is 0 Å². The maximum Gasteiger partial charge on any atom is 0.339 e. The lowest BCUT2D eigenvalue weighted by Gasteiger charge is -2.13. The fraction of sp³-hybridized carbons (Fsp3) is 0.409. The number of aromatic amines is 1. The fourth-order valence-electron chi connectivity index (χ4n) is 3.17. The zero-order valence-corrected chi connectivity index (χ0v) is 18.1. The molecule has 1 heterocycles. The molecule has 1 N–H and O–H groups in total. The molecule has 0 amide bonds. The normalized spacial score (nSPS) is 11.5. The summed E-state index contributed by atoms with van der Waals surface area (Å²) in [5.41, 5.74) is 2.38. The van der Waals surface area contributed by atoms with Crippen LogP contribution in [-0.4, -0.2) is 50.1 Å². The molecule has 0 unspecified atom stereocenters. The minimum Gasteiger partial charge on any atom is -0.497 e. The first-order valence-electron chi connectivity index (χ1n) is 9.44. The molecule has 30 heavy (non-hydrogen) atoms. The van der Waals surface area contributed by atoms with E-state index in [-0.39, 0.29) is 12.1 Å². The van der Waals surface area contributed by atoms with Crippen LogP contribution in [0.1, 0.15) is 51.0 Å². The number of ketones is 1. The number of aromatic nitrogens is 1. The number of carbonyl (C=O) groups excluding carboxylic acids is 3. The van der Waals surface area contributed by atoms with Gasteiger partial charge in [-0.25, -0.2) is 4.79 Å². The molecule has 2 rings (SSSR count). The van der Waals surface area contributed by atoms with Crippen molar-refractivity contribution < 1.29 is 33.3 Å². The van der Waals surface area contributed by atoms with Crippen LogP contribution in [0.5, 0.6) is 11.5 Å². The second kappa shape index (κ2) is 9.96. The molecule has 8 heteroatoms. The number of methoxy groups -OCH3 is 3. The third kappa shape index (κ3) is 5.20. The largest absolute Gasteiger partial charge is 0.497 e. The second-order valence-electron chi connectivity index (χ2n) is 6.83. The summed E-state index contributed by atoms with van der Waals surface area (Å²) >= 11 is 0. The van der Waals surface area contributed by atoms with E-state index in [1.54, 1.807) is 34.1 Å². The van der Waals surface area contributed by atoms with Gasteiger partial charge in [0.2, 0.25) is 5.78 Å². The van der Waals surface area contributed by atoms with Crippen molar-refractivity contribution in [2.45, 2.75) is 39.7 Å². The molecule has 0 bridgehead atoms. The molecule has 8 nitrogen and oxygen atoms in total. The number of Topliss-reactive ketones (excluding diaryl/α,β-unsaturated/α-hetero) is 1. The number of nitrogens with one attached hydrogen (secondary N) is 1. The lowest BCUT2D eigenvalue weighted by atomic mass is 10.1. The van der Waals surface area contributed by atoms with Gasteiger partial charge in [-0.05, 0) is 50.5 Å². The van der Waals surface area contributed by atoms with Crippen molar-refractivity contribution in [1.29, 1.82) is 0 Å². The minimum absolute atomic E-state index is 0.0874. The van der Waals surface area contributed by atoms with Crippen molar-refractivity contribution in [3.05, 3.63) is 46.3 Å². The van der Waals surface area contributed by atoms with Gasteiger partial charge in [-0.15, -0.1) is 0 Å². The highest BCUT2D eigenvalue weighted by molar-refractivity contribution is 6.03. The van der Waals surface area contributed by atoms with Crippen LogP contribution >= 0.6 is 0 Å². The van der Waals surface area contributed by atoms with Gasteiger partial charge in [0.05, 0.1) is 32.6 Å². The van der Waals surface area contributed by atoms with Gasteiger partial charge in [-0.3, -0.25) is 9.59 Å². The van der Waals surface area contributed by atoms with Gasteiger partial charge in [0.15, 0.2) is 6.10 Å². The van der Waals surface area contributed by atoms with Gasteiger partial charge < -0.3 is 23.9 Å². The van der Waals surface area contributed by atoms with Gasteiger partial charge in [-0.2, -0.15) is 0 Å². The summed E-state index contributed by atoms with van der Waals surface area (Å²) in [6.45, 7) is 4.82. The van der Waals surface area contributed by atoms with Crippen LogP contribution in [0.25, 0.3) is 0 Å². The number of ether oxygens (including phenoxy) is 4. The quantitative estimate of drug-likeness (QED) is 0.494. The summed E-state index contributed by atoms with van der Waals surface area (Å²) < 4.78 is 20.5. The number of H-pyrrole nitrogens is 1. The van der Waals surface area contributed by atoms with Gasteiger partial charge in [0, 0.05) is 18.2 Å². The number of hydrogen-bond acceptors (Lipinski definition) is 7. The molecule has 1 aromatic carbocycles. The van der Waals surface area contributed by atoms with E-state index in [4.69, 9.17) is 18.9 Å². The Bertz CT molecular complexity index is 923. The third-order valence-electron chi connectivity index (χ3n) is 4.78. The monoisotopic (exact) mass is 417 g/mol. The van der Waals surface area contributed by atoms with Crippen molar-refractivity contribution in [2.24, 2.45) is 0 Å². The van der Waals surface area contributed by atoms with E-state index in [9.17, 15) is 14.4 Å². The molecular formula is C22H27NO7. The van der Waals surface area contributed by atoms with Crippen molar-refractivity contribution in [1.82, 2.24) is 4.98 Å². The van der Waals surface area contributed by atoms with Crippen molar-refractivity contribution in [2.75, 3.05) is 21.3 Å². The molecular weight excluding hydrogens is 390 g/mol. The first-order chi connectivity index (χ1) is 14.2. The molecule has 0 aliphatic heterocycles. The van der Waals surface area contributed by atoms with E-state index in [1.165, 1.54) is 14.0 Å². The molecule has 162 valence electrons. The molecule has 0 aliphatic carbocycles. The van der Waals surface area contributed by atoms with E-state index in [0.717, 1.165) is 5.56 Å². The molecule has 0 fully saturated rings. The summed E-state index contributed by atoms with van der Waals surface area (Å²) in [6, 6.07) is 5.36. The minimum atomic E-state index is -1.00. The highest BCUT2D eigenvalue weighted by Crippen LogP contribution is 2.24. The smallest absolute Gasteiger partial charge is 0.339 e. The predicted molar refractivity (Wildman–Crippen MR) is 109 cm³/mol. The topological polar surface area (TPSA) is 104 Å². The van der Waals surface area contributed by atoms with Gasteiger partial charge in [-0.1, -0.05) is 0 Å². The number of esters is 2. The van der Waals surface area contributed by atoms with Crippen LogP contribution in [0.15, 0.2) is 18.2 Å². The van der Waals surface area contributed by atoms with E-state index in [1.807, 2.05) is 12.1 Å². The summed E-state index contributed by atoms with van der Waals surface area (Å²) in [7, 11) is 4.38. The Hall–Kier alpha value is -3.29. The van der Waals surface area contributed by atoms with Gasteiger partial charge in [0.1, 0.15) is 11.5 Å². The van der Waals surface area contributed by atoms with E-state index in [0.29, 0.717) is 34.7 Å². The number of aryl methyl sites for hydroxylation is 2. The third-order valence-corrected chi connectivity index (χ3v) is 4.78. The van der Waals surface area contributed by atoms with Crippen LogP contribution in [0, 0.1) is 13.8 Å². The molecule has 0 spiro atoms. The molecule has 0 saturated heterocycles. The molecule has 0 radical (unpaired) electrons. The summed E-state index contributed by atoms with van der Waals surface area (Å²) in [6.07, 6.45) is -0.510. The van der Waals surface area contributed by atoms with Crippen LogP contribution in [-0.2, 0) is 20.7 Å². The Morgan fingerprint density at radius 2 is 1.60 bits per heavy atom. The van der Waals surface area contributed by atoms with Crippen LogP contribution in [0.3, 0.4) is 0 Å². The SMILES string of the molecule is COC(=O)c1c(C)[nH]c(C(=O)[C@@H](C)OC(=O)CCc2cc(OC)cc(OC)c2)c1C. The van der Waals surface area contributed by atoms with Gasteiger partial charge >= 0.3 is 11.9 Å². The molecule has 1 atom stereocenters.